The lowest BCUT2D eigenvalue weighted by atomic mass is 9.81. The Balaban J connectivity index is 2.20. The molecule has 0 heterocycles. The summed E-state index contributed by atoms with van der Waals surface area (Å²) >= 11 is 17.7. The Morgan fingerprint density at radius 1 is 1.05 bits per heavy atom. The molecule has 2 rings (SSSR count). The van der Waals surface area contributed by atoms with Crippen molar-refractivity contribution in [3.05, 3.63) is 63.1 Å². The number of hydrogen-bond acceptors (Lipinski definition) is 2. The van der Waals surface area contributed by atoms with Gasteiger partial charge in [0.25, 0.3) is 0 Å². The molecule has 6 heteroatoms. The van der Waals surface area contributed by atoms with Gasteiger partial charge in [0, 0.05) is 10.8 Å². The molecule has 0 saturated carbocycles. The summed E-state index contributed by atoms with van der Waals surface area (Å²) in [5.74, 6) is -1.54. The van der Waals surface area contributed by atoms with Gasteiger partial charge in [-0.1, -0.05) is 53.0 Å². The molecule has 0 bridgehead atoms. The van der Waals surface area contributed by atoms with Crippen LogP contribution in [0.1, 0.15) is 11.4 Å². The molecule has 20 heavy (non-hydrogen) atoms. The average Bonchev–Trinajstić information content (AvgIpc) is 2.42. The lowest BCUT2D eigenvalue weighted by molar-refractivity contribution is -0.134. The van der Waals surface area contributed by atoms with E-state index in [0.29, 0.717) is 10.6 Å². The van der Waals surface area contributed by atoms with Crippen LogP contribution in [-0.2, 0) is 4.79 Å². The van der Waals surface area contributed by atoms with Crippen molar-refractivity contribution < 1.29 is 9.53 Å². The third kappa shape index (κ3) is 3.48. The van der Waals surface area contributed by atoms with Crippen molar-refractivity contribution in [3.63, 3.8) is 0 Å². The Labute approximate surface area is 133 Å². The molecule has 1 unspecified atom stereocenters. The van der Waals surface area contributed by atoms with Gasteiger partial charge in [0.2, 0.25) is 0 Å². The van der Waals surface area contributed by atoms with E-state index >= 15 is 0 Å². The van der Waals surface area contributed by atoms with Gasteiger partial charge in [-0.25, -0.2) is 0 Å². The molecule has 1 atom stereocenters. The maximum Gasteiger partial charge on any atom is 0.309 e. The second-order valence-corrected chi connectivity index (χ2v) is 5.26. The Hall–Kier alpha value is -1.16. The molecular formula is C14H8BCl3O2. The van der Waals surface area contributed by atoms with Gasteiger partial charge in [-0.3, -0.25) is 4.79 Å². The zero-order valence-corrected chi connectivity index (χ0v) is 12.4. The third-order valence-corrected chi connectivity index (χ3v) is 3.41. The number of hydrogen-bond donors (Lipinski definition) is 0. The predicted octanol–water partition coefficient (Wildman–Crippen LogP) is 4.46. The molecule has 0 N–H and O–H groups in total. The van der Waals surface area contributed by atoms with Crippen molar-refractivity contribution in [2.24, 2.45) is 0 Å². The van der Waals surface area contributed by atoms with E-state index in [1.165, 1.54) is 0 Å². The van der Waals surface area contributed by atoms with E-state index in [2.05, 4.69) is 0 Å². The Bertz CT molecular complexity index is 626. The van der Waals surface area contributed by atoms with Crippen molar-refractivity contribution in [2.45, 2.75) is 5.82 Å². The molecule has 2 radical (unpaired) electrons. The third-order valence-electron chi connectivity index (χ3n) is 2.58. The van der Waals surface area contributed by atoms with E-state index in [9.17, 15) is 4.79 Å². The van der Waals surface area contributed by atoms with Crippen molar-refractivity contribution in [1.29, 1.82) is 0 Å². The highest BCUT2D eigenvalue weighted by atomic mass is 35.5. The van der Waals surface area contributed by atoms with Gasteiger partial charge < -0.3 is 4.74 Å². The smallest absolute Gasteiger partial charge is 0.309 e. The molecule has 0 saturated heterocycles. The highest BCUT2D eigenvalue weighted by molar-refractivity contribution is 6.37. The summed E-state index contributed by atoms with van der Waals surface area (Å²) < 4.78 is 5.16. The molecule has 2 nitrogen and oxygen atoms in total. The number of ether oxygens (including phenoxy) is 1. The summed E-state index contributed by atoms with van der Waals surface area (Å²) in [5.41, 5.74) is 0.547. The van der Waals surface area contributed by atoms with Crippen molar-refractivity contribution in [1.82, 2.24) is 0 Å². The quantitative estimate of drug-likeness (QED) is 0.473. The fourth-order valence-electron chi connectivity index (χ4n) is 1.58. The number of carbonyl (C=O) groups is 1. The van der Waals surface area contributed by atoms with Gasteiger partial charge in [0.15, 0.2) is 5.75 Å². The normalized spacial score (nSPS) is 11.9. The minimum Gasteiger partial charge on any atom is -0.423 e. The van der Waals surface area contributed by atoms with E-state index in [-0.39, 0.29) is 15.8 Å². The lowest BCUT2D eigenvalue weighted by Crippen LogP contribution is -2.19. The molecule has 2 aromatic carbocycles. The molecule has 0 aromatic heterocycles. The number of rotatable bonds is 3. The SMILES string of the molecule is [B]C(C(=O)Oc1c(Cl)cccc1Cl)c1cccc(Cl)c1. The number of halogens is 3. The van der Waals surface area contributed by atoms with E-state index in [4.69, 9.17) is 47.4 Å². The van der Waals surface area contributed by atoms with E-state index in [0.717, 1.165) is 0 Å². The first-order valence-electron chi connectivity index (χ1n) is 5.66. The summed E-state index contributed by atoms with van der Waals surface area (Å²) in [4.78, 5) is 12.0. The Morgan fingerprint density at radius 3 is 2.25 bits per heavy atom. The average molecular weight is 325 g/mol. The van der Waals surface area contributed by atoms with Gasteiger partial charge in [-0.05, 0) is 29.8 Å². The fraction of sp³-hybridized carbons (Fsp3) is 0.0714. The van der Waals surface area contributed by atoms with Gasteiger partial charge in [0.05, 0.1) is 17.9 Å². The maximum absolute atomic E-state index is 12.0. The number of esters is 1. The van der Waals surface area contributed by atoms with Crippen molar-refractivity contribution >= 4 is 48.6 Å². The van der Waals surface area contributed by atoms with Gasteiger partial charge in [-0.15, -0.1) is 0 Å². The molecule has 0 aliphatic rings. The highest BCUT2D eigenvalue weighted by Gasteiger charge is 2.19. The predicted molar refractivity (Wildman–Crippen MR) is 82.0 cm³/mol. The van der Waals surface area contributed by atoms with Crippen molar-refractivity contribution in [2.75, 3.05) is 0 Å². The molecule has 0 fully saturated rings. The largest absolute Gasteiger partial charge is 0.423 e. The van der Waals surface area contributed by atoms with Gasteiger partial charge in [0.1, 0.15) is 0 Å². The number of para-hydroxylation sites is 1. The molecule has 0 spiro atoms. The van der Waals surface area contributed by atoms with Crippen molar-refractivity contribution in [3.8, 4) is 5.75 Å². The van der Waals surface area contributed by atoms with Crippen LogP contribution in [0, 0.1) is 0 Å². The van der Waals surface area contributed by atoms with Crippen LogP contribution in [0.3, 0.4) is 0 Å². The Kier molecular flexibility index (Phi) is 4.98. The first-order chi connectivity index (χ1) is 9.49. The van der Waals surface area contributed by atoms with E-state index in [1.54, 1.807) is 42.5 Å². The van der Waals surface area contributed by atoms with E-state index in [1.807, 2.05) is 0 Å². The van der Waals surface area contributed by atoms with Crippen LogP contribution in [0.15, 0.2) is 42.5 Å². The number of benzene rings is 2. The first kappa shape index (κ1) is 15.2. The monoisotopic (exact) mass is 324 g/mol. The van der Waals surface area contributed by atoms with Crippen LogP contribution < -0.4 is 4.74 Å². The van der Waals surface area contributed by atoms with Crippen LogP contribution >= 0.6 is 34.8 Å². The van der Waals surface area contributed by atoms with Crippen LogP contribution in [0.25, 0.3) is 0 Å². The lowest BCUT2D eigenvalue weighted by Gasteiger charge is -2.13. The highest BCUT2D eigenvalue weighted by Crippen LogP contribution is 2.33. The number of carbonyl (C=O) groups excluding carboxylic acids is 1. The topological polar surface area (TPSA) is 26.3 Å². The van der Waals surface area contributed by atoms with Crippen LogP contribution in [0.4, 0.5) is 0 Å². The molecule has 100 valence electrons. The zero-order chi connectivity index (χ0) is 14.7. The fourth-order valence-corrected chi connectivity index (χ4v) is 2.25. The van der Waals surface area contributed by atoms with Crippen LogP contribution in [0.2, 0.25) is 15.1 Å². The maximum atomic E-state index is 12.0. The standard InChI is InChI=1S/C14H8BCl3O2/c15-12(8-3-1-4-9(16)7-8)14(19)20-13-10(17)5-2-6-11(13)18/h1-7,12H. The van der Waals surface area contributed by atoms with Crippen LogP contribution in [0.5, 0.6) is 5.75 Å². The minimum absolute atomic E-state index is 0.0957. The zero-order valence-electron chi connectivity index (χ0n) is 10.1. The van der Waals surface area contributed by atoms with Crippen LogP contribution in [-0.4, -0.2) is 13.8 Å². The van der Waals surface area contributed by atoms with Gasteiger partial charge in [-0.2, -0.15) is 0 Å². The first-order valence-corrected chi connectivity index (χ1v) is 6.79. The molecule has 0 aliphatic carbocycles. The second-order valence-electron chi connectivity index (χ2n) is 4.00. The minimum atomic E-state index is -0.971. The summed E-state index contributed by atoms with van der Waals surface area (Å²) in [5, 5.41) is 0.967. The van der Waals surface area contributed by atoms with Gasteiger partial charge >= 0.3 is 5.97 Å². The summed E-state index contributed by atoms with van der Waals surface area (Å²) in [6.45, 7) is 0. The molecule has 0 amide bonds. The summed E-state index contributed by atoms with van der Waals surface area (Å²) in [6.07, 6.45) is 0. The molecule has 2 aromatic rings. The summed E-state index contributed by atoms with van der Waals surface area (Å²) in [7, 11) is 5.84. The Morgan fingerprint density at radius 2 is 1.65 bits per heavy atom. The summed E-state index contributed by atoms with van der Waals surface area (Å²) in [6, 6.07) is 11.5. The molecular weight excluding hydrogens is 317 g/mol. The van der Waals surface area contributed by atoms with E-state index < -0.39 is 11.8 Å². The molecule has 0 aliphatic heterocycles. The second kappa shape index (κ2) is 6.53.